The second-order valence-corrected chi connectivity index (χ2v) is 5.09. The second-order valence-electron chi connectivity index (χ2n) is 2.81. The van der Waals surface area contributed by atoms with E-state index in [1.165, 1.54) is 0 Å². The van der Waals surface area contributed by atoms with Gasteiger partial charge in [0.05, 0.1) is 0 Å². The third-order valence-corrected chi connectivity index (χ3v) is 2.08. The van der Waals surface area contributed by atoms with Crippen LogP contribution in [0.4, 0.5) is 0 Å². The van der Waals surface area contributed by atoms with Crippen molar-refractivity contribution >= 4 is 40.6 Å². The molecule has 0 saturated heterocycles. The molecule has 0 radical (unpaired) electrons. The van der Waals surface area contributed by atoms with Gasteiger partial charge in [-0.2, -0.15) is 5.10 Å². The van der Waals surface area contributed by atoms with Gasteiger partial charge in [0.25, 0.3) is 0 Å². The minimum Gasteiger partial charge on any atom is -0.334 e. The lowest BCUT2D eigenvalue weighted by Gasteiger charge is -2.26. The Morgan fingerprint density at radius 2 is 2.08 bits per heavy atom. The number of halogens is 3. The first-order valence-corrected chi connectivity index (χ1v) is 4.70. The molecule has 1 heterocycles. The molecule has 0 aromatic carbocycles. The lowest BCUT2D eigenvalue weighted by molar-refractivity contribution is 0.354. The fourth-order valence-corrected chi connectivity index (χ4v) is 1.43. The Hall–Kier alpha value is 0.140. The highest BCUT2D eigenvalue weighted by molar-refractivity contribution is 6.76. The van der Waals surface area contributed by atoms with Gasteiger partial charge in [-0.05, 0) is 13.8 Å². The molecule has 0 atom stereocenters. The smallest absolute Gasteiger partial charge is 0.249 e. The van der Waals surface area contributed by atoms with Crippen molar-refractivity contribution in [3.05, 3.63) is 0 Å². The van der Waals surface area contributed by atoms with Crippen molar-refractivity contribution in [2.75, 3.05) is 6.67 Å². The van der Waals surface area contributed by atoms with Gasteiger partial charge < -0.3 is 4.90 Å². The summed E-state index contributed by atoms with van der Waals surface area (Å²) in [6.45, 7) is 4.62. The maximum Gasteiger partial charge on any atom is 0.249 e. The number of hydrogen-bond acceptors (Lipinski definition) is 3. The van der Waals surface area contributed by atoms with Gasteiger partial charge in [-0.15, -0.1) is 0 Å². The number of hydrogen-bond donors (Lipinski definition) is 1. The minimum absolute atomic E-state index is 0.273. The Labute approximate surface area is 86.6 Å². The summed E-state index contributed by atoms with van der Waals surface area (Å²) in [7, 11) is 0. The zero-order valence-corrected chi connectivity index (χ0v) is 9.08. The number of amidine groups is 1. The minimum atomic E-state index is -1.44. The number of alkyl halides is 3. The zero-order valence-electron chi connectivity index (χ0n) is 6.81. The van der Waals surface area contributed by atoms with Gasteiger partial charge >= 0.3 is 0 Å². The third kappa shape index (κ3) is 2.09. The van der Waals surface area contributed by atoms with Crippen LogP contribution in [0.15, 0.2) is 5.10 Å². The van der Waals surface area contributed by atoms with Crippen LogP contribution in [0, 0.1) is 0 Å². The van der Waals surface area contributed by atoms with Gasteiger partial charge in [-0.1, -0.05) is 34.8 Å². The van der Waals surface area contributed by atoms with Crippen molar-refractivity contribution in [1.29, 1.82) is 0 Å². The predicted octanol–water partition coefficient (Wildman–Crippen LogP) is 1.94. The molecule has 1 N–H and O–H groups in total. The van der Waals surface area contributed by atoms with Crippen molar-refractivity contribution in [2.45, 2.75) is 23.7 Å². The van der Waals surface area contributed by atoms with Gasteiger partial charge in [-0.3, -0.25) is 5.43 Å². The van der Waals surface area contributed by atoms with Crippen molar-refractivity contribution < 1.29 is 0 Å². The molecule has 0 aromatic rings. The zero-order chi connectivity index (χ0) is 9.35. The Morgan fingerprint density at radius 3 is 2.42 bits per heavy atom. The maximum atomic E-state index is 5.70. The molecule has 12 heavy (non-hydrogen) atoms. The first kappa shape index (κ1) is 10.2. The highest BCUT2D eigenvalue weighted by atomic mass is 35.6. The fourth-order valence-electron chi connectivity index (χ4n) is 0.979. The van der Waals surface area contributed by atoms with E-state index in [2.05, 4.69) is 10.5 Å². The van der Waals surface area contributed by atoms with Crippen molar-refractivity contribution in [2.24, 2.45) is 5.10 Å². The van der Waals surface area contributed by atoms with E-state index in [4.69, 9.17) is 34.8 Å². The Bertz CT molecular complexity index is 197. The molecule has 3 nitrogen and oxygen atoms in total. The number of rotatable bonds is 1. The molecule has 0 amide bonds. The average Bonchev–Trinajstić information content (AvgIpc) is 2.30. The predicted molar refractivity (Wildman–Crippen MR) is 52.7 cm³/mol. The summed E-state index contributed by atoms with van der Waals surface area (Å²) in [4.78, 5) is 1.90. The van der Waals surface area contributed by atoms with Crippen molar-refractivity contribution in [3.63, 3.8) is 0 Å². The number of hydrazone groups is 1. The van der Waals surface area contributed by atoms with Crippen LogP contribution >= 0.6 is 34.8 Å². The fraction of sp³-hybridized carbons (Fsp3) is 0.833. The van der Waals surface area contributed by atoms with E-state index in [1.54, 1.807) is 0 Å². The van der Waals surface area contributed by atoms with Gasteiger partial charge in [-0.25, -0.2) is 0 Å². The summed E-state index contributed by atoms with van der Waals surface area (Å²) in [5.41, 5.74) is 2.77. The molecule has 1 aliphatic heterocycles. The van der Waals surface area contributed by atoms with Crippen LogP contribution in [0.3, 0.4) is 0 Å². The molecule has 0 aliphatic carbocycles. The second kappa shape index (κ2) is 3.48. The van der Waals surface area contributed by atoms with E-state index in [9.17, 15) is 0 Å². The Balaban J connectivity index is 2.76. The van der Waals surface area contributed by atoms with Gasteiger partial charge in [0, 0.05) is 6.04 Å². The number of nitrogens with zero attached hydrogens (tertiary/aromatic N) is 2. The lowest BCUT2D eigenvalue weighted by atomic mass is 10.3. The Kier molecular flexibility index (Phi) is 2.97. The summed E-state index contributed by atoms with van der Waals surface area (Å²) in [5.74, 6) is 0.461. The van der Waals surface area contributed by atoms with Crippen LogP contribution in [0.1, 0.15) is 13.8 Å². The molecule has 0 fully saturated rings. The normalized spacial score (nSPS) is 18.2. The van der Waals surface area contributed by atoms with Crippen LogP contribution in [0.25, 0.3) is 0 Å². The third-order valence-electron chi connectivity index (χ3n) is 1.57. The van der Waals surface area contributed by atoms with Crippen LogP contribution in [0.5, 0.6) is 0 Å². The number of nitrogens with one attached hydrogen (secondary N) is 1. The summed E-state index contributed by atoms with van der Waals surface area (Å²) in [5, 5.41) is 3.91. The summed E-state index contributed by atoms with van der Waals surface area (Å²) in [6, 6.07) is 0.273. The molecule has 1 rings (SSSR count). The van der Waals surface area contributed by atoms with E-state index < -0.39 is 3.79 Å². The standard InChI is InChI=1S/C6H10Cl3N3/c1-4(2)12-3-10-11-5(12)6(7,8)9/h4,10H,3H2,1-2H3. The molecular formula is C6H10Cl3N3. The molecule has 0 spiro atoms. The quantitative estimate of drug-likeness (QED) is 0.697. The summed E-state index contributed by atoms with van der Waals surface area (Å²) >= 11 is 17.1. The highest BCUT2D eigenvalue weighted by Gasteiger charge is 2.36. The van der Waals surface area contributed by atoms with Crippen molar-refractivity contribution in [1.82, 2.24) is 10.3 Å². The van der Waals surface area contributed by atoms with Gasteiger partial charge in [0.15, 0.2) is 5.84 Å². The van der Waals surface area contributed by atoms with Crippen molar-refractivity contribution in [3.8, 4) is 0 Å². The van der Waals surface area contributed by atoms with Crippen LogP contribution < -0.4 is 5.43 Å². The van der Waals surface area contributed by atoms with E-state index in [1.807, 2.05) is 18.7 Å². The maximum absolute atomic E-state index is 5.70. The summed E-state index contributed by atoms with van der Waals surface area (Å²) in [6.07, 6.45) is 0. The molecule has 0 unspecified atom stereocenters. The molecule has 70 valence electrons. The molecular weight excluding hydrogens is 220 g/mol. The van der Waals surface area contributed by atoms with Gasteiger partial charge in [0.1, 0.15) is 6.67 Å². The first-order valence-electron chi connectivity index (χ1n) is 3.57. The van der Waals surface area contributed by atoms with E-state index >= 15 is 0 Å². The van der Waals surface area contributed by atoms with E-state index in [-0.39, 0.29) is 6.04 Å². The molecule has 1 aliphatic rings. The van der Waals surface area contributed by atoms with E-state index in [0.717, 1.165) is 0 Å². The van der Waals surface area contributed by atoms with Gasteiger partial charge in [0.2, 0.25) is 3.79 Å². The van der Waals surface area contributed by atoms with Crippen LogP contribution in [-0.4, -0.2) is 27.2 Å². The molecule has 0 bridgehead atoms. The topological polar surface area (TPSA) is 27.6 Å². The van der Waals surface area contributed by atoms with Crippen LogP contribution in [0.2, 0.25) is 0 Å². The largest absolute Gasteiger partial charge is 0.334 e. The first-order chi connectivity index (χ1) is 5.43. The summed E-state index contributed by atoms with van der Waals surface area (Å²) < 4.78 is -1.44. The molecule has 0 saturated carbocycles. The SMILES string of the molecule is CC(C)N1CNN=C1C(Cl)(Cl)Cl. The average molecular weight is 231 g/mol. The molecule has 0 aromatic heterocycles. The van der Waals surface area contributed by atoms with Crippen LogP contribution in [-0.2, 0) is 0 Å². The lowest BCUT2D eigenvalue weighted by Crippen LogP contribution is -2.41. The highest BCUT2D eigenvalue weighted by Crippen LogP contribution is 2.31. The molecule has 6 heteroatoms. The Morgan fingerprint density at radius 1 is 1.50 bits per heavy atom. The monoisotopic (exact) mass is 229 g/mol. The van der Waals surface area contributed by atoms with E-state index in [0.29, 0.717) is 12.5 Å².